The lowest BCUT2D eigenvalue weighted by Gasteiger charge is -1.94. The number of hydrogen-bond donors (Lipinski definition) is 0. The summed E-state index contributed by atoms with van der Waals surface area (Å²) in [5.41, 5.74) is 0. The van der Waals surface area contributed by atoms with E-state index in [2.05, 4.69) is 27.9 Å². The molecule has 2 nitrogen and oxygen atoms in total. The molecular weight excluding hydrogens is 263 g/mol. The monoisotopic (exact) mass is 272 g/mol. The van der Waals surface area contributed by atoms with E-state index in [4.69, 9.17) is 0 Å². The second kappa shape index (κ2) is 5.67. The van der Waals surface area contributed by atoms with Crippen molar-refractivity contribution in [2.24, 2.45) is 4.99 Å². The van der Waals surface area contributed by atoms with E-state index in [1.54, 1.807) is 23.1 Å². The zero-order valence-corrected chi connectivity index (χ0v) is 10.0. The average molecular weight is 272 g/mol. The van der Waals surface area contributed by atoms with Gasteiger partial charge in [0.25, 0.3) is 0 Å². The minimum Gasteiger partial charge on any atom is -0.418 e. The van der Waals surface area contributed by atoms with Gasteiger partial charge in [0.15, 0.2) is 0 Å². The lowest BCUT2D eigenvalue weighted by atomic mass is 10.3. The molecule has 2 heterocycles. The van der Waals surface area contributed by atoms with Crippen molar-refractivity contribution in [2.75, 3.05) is 12.8 Å². The normalized spacial score (nSPS) is 14.1. The Labute approximate surface area is 97.8 Å². The van der Waals surface area contributed by atoms with Crippen LogP contribution in [0.2, 0.25) is 0 Å². The summed E-state index contributed by atoms with van der Waals surface area (Å²) >= 11 is 3.54. The Kier molecular flexibility index (Phi) is 4.78. The minimum atomic E-state index is -6.00. The quantitative estimate of drug-likeness (QED) is 0.331. The molecule has 2 rings (SSSR count). The Hall–Kier alpha value is -0.565. The van der Waals surface area contributed by atoms with E-state index in [1.165, 1.54) is 4.21 Å². The molecule has 0 aromatic carbocycles. The van der Waals surface area contributed by atoms with E-state index in [-0.39, 0.29) is 0 Å². The Morgan fingerprint density at radius 3 is 2.56 bits per heavy atom. The van der Waals surface area contributed by atoms with Gasteiger partial charge < -0.3 is 17.3 Å². The third kappa shape index (κ3) is 4.97. The molecule has 0 aliphatic carbocycles. The van der Waals surface area contributed by atoms with Gasteiger partial charge in [-0.25, -0.2) is 0 Å². The lowest BCUT2D eigenvalue weighted by molar-refractivity contribution is -0.527. The van der Waals surface area contributed by atoms with Crippen LogP contribution >= 0.6 is 23.1 Å². The second-order valence-corrected chi connectivity index (χ2v) is 4.91. The first-order chi connectivity index (χ1) is 7.40. The largest absolute Gasteiger partial charge is 0.673 e. The molecule has 0 N–H and O–H groups in total. The van der Waals surface area contributed by atoms with Crippen molar-refractivity contribution in [3.63, 3.8) is 0 Å². The Balaban J connectivity index is 0.000000221. The second-order valence-electron chi connectivity index (χ2n) is 2.79. The van der Waals surface area contributed by atoms with Gasteiger partial charge in [-0.05, 0) is 17.6 Å². The van der Waals surface area contributed by atoms with Crippen LogP contribution in [0.15, 0.2) is 15.4 Å². The molecule has 1 aliphatic heterocycles. The molecular formula is C7H9BF4N2S2. The van der Waals surface area contributed by atoms with Gasteiger partial charge in [-0.2, -0.15) is 4.24 Å². The standard InChI is InChI=1S/C7H9N2S2.BF4/c1-10-6-5-9-4-2-3-8-7(9)11-6;2-1(3,4)5/h4-5H,2-3H2,1H3;/q+1;-1. The molecule has 16 heavy (non-hydrogen) atoms. The van der Waals surface area contributed by atoms with Crippen LogP contribution in [0, 0.1) is 6.21 Å². The fourth-order valence-electron chi connectivity index (χ4n) is 1.03. The van der Waals surface area contributed by atoms with Crippen molar-refractivity contribution in [1.29, 1.82) is 0 Å². The van der Waals surface area contributed by atoms with Crippen molar-refractivity contribution >= 4 is 30.4 Å². The van der Waals surface area contributed by atoms with Crippen LogP contribution in [0.3, 0.4) is 0 Å². The molecule has 0 amide bonds. The molecule has 90 valence electrons. The first kappa shape index (κ1) is 13.5. The summed E-state index contributed by atoms with van der Waals surface area (Å²) in [4.78, 5) is 5.54. The fourth-order valence-corrected chi connectivity index (χ4v) is 2.54. The molecule has 0 saturated carbocycles. The lowest BCUT2D eigenvalue weighted by Crippen LogP contribution is -2.34. The average Bonchev–Trinajstić information content (AvgIpc) is 2.57. The van der Waals surface area contributed by atoms with Crippen molar-refractivity contribution in [2.45, 2.75) is 10.6 Å². The first-order valence-corrected chi connectivity index (χ1v) is 6.41. The fraction of sp³-hybridized carbons (Fsp3) is 0.429. The van der Waals surface area contributed by atoms with Gasteiger partial charge in [0.2, 0.25) is 0 Å². The summed E-state index contributed by atoms with van der Waals surface area (Å²) in [6.07, 6.45) is 7.51. The smallest absolute Gasteiger partial charge is 0.418 e. The number of thiazole rings is 1. The summed E-state index contributed by atoms with van der Waals surface area (Å²) in [5.74, 6) is 0. The van der Waals surface area contributed by atoms with Gasteiger partial charge in [0, 0.05) is 6.42 Å². The van der Waals surface area contributed by atoms with E-state index < -0.39 is 7.25 Å². The summed E-state index contributed by atoms with van der Waals surface area (Å²) in [6, 6.07) is 0. The molecule has 1 aromatic heterocycles. The zero-order chi connectivity index (χ0) is 12.2. The van der Waals surface area contributed by atoms with Crippen LogP contribution in [0.5, 0.6) is 0 Å². The predicted octanol–water partition coefficient (Wildman–Crippen LogP) is 2.09. The summed E-state index contributed by atoms with van der Waals surface area (Å²) in [5, 5.41) is 0. The van der Waals surface area contributed by atoms with E-state index in [0.717, 1.165) is 17.8 Å². The van der Waals surface area contributed by atoms with E-state index in [9.17, 15) is 17.3 Å². The van der Waals surface area contributed by atoms with Crippen LogP contribution in [-0.4, -0.2) is 20.1 Å². The minimum absolute atomic E-state index is 0.953. The van der Waals surface area contributed by atoms with E-state index in [0.29, 0.717) is 0 Å². The Morgan fingerprint density at radius 2 is 2.06 bits per heavy atom. The number of thioether (sulfide) groups is 1. The van der Waals surface area contributed by atoms with Gasteiger partial charge >= 0.3 is 12.1 Å². The van der Waals surface area contributed by atoms with Crippen molar-refractivity contribution in [3.8, 4) is 0 Å². The maximum absolute atomic E-state index is 9.75. The molecule has 1 aliphatic rings. The number of nitrogens with zero attached hydrogens (tertiary/aromatic N) is 2. The topological polar surface area (TPSA) is 18.3 Å². The van der Waals surface area contributed by atoms with Crippen molar-refractivity contribution in [1.82, 2.24) is 0 Å². The summed E-state index contributed by atoms with van der Waals surface area (Å²) in [7, 11) is -6.00. The Bertz CT molecular complexity index is 416. The van der Waals surface area contributed by atoms with E-state index >= 15 is 0 Å². The van der Waals surface area contributed by atoms with Crippen LogP contribution < -0.4 is 9.04 Å². The molecule has 0 fully saturated rings. The SMILES string of the molecule is CSc1c[n+]2c(s1)=NCCC=2.F[B-](F)(F)F. The molecule has 1 aromatic rings. The number of rotatable bonds is 1. The highest BCUT2D eigenvalue weighted by molar-refractivity contribution is 8.00. The molecule has 0 saturated heterocycles. The van der Waals surface area contributed by atoms with E-state index in [1.807, 2.05) is 0 Å². The van der Waals surface area contributed by atoms with Gasteiger partial charge in [0.05, 0.1) is 6.21 Å². The first-order valence-electron chi connectivity index (χ1n) is 4.37. The van der Waals surface area contributed by atoms with Gasteiger partial charge in [-0.15, -0.1) is 11.8 Å². The summed E-state index contributed by atoms with van der Waals surface area (Å²) < 4.78 is 42.5. The van der Waals surface area contributed by atoms with Crippen LogP contribution in [0.4, 0.5) is 17.3 Å². The number of fused-ring (bicyclic) bond motifs is 1. The van der Waals surface area contributed by atoms with Gasteiger partial charge in [-0.1, -0.05) is 4.99 Å². The highest BCUT2D eigenvalue weighted by Gasteiger charge is 2.20. The Morgan fingerprint density at radius 1 is 1.44 bits per heavy atom. The third-order valence-electron chi connectivity index (χ3n) is 1.56. The van der Waals surface area contributed by atoms with Crippen LogP contribution in [0.1, 0.15) is 6.42 Å². The highest BCUT2D eigenvalue weighted by atomic mass is 32.2. The zero-order valence-electron chi connectivity index (χ0n) is 8.37. The maximum Gasteiger partial charge on any atom is 0.673 e. The highest BCUT2D eigenvalue weighted by Crippen LogP contribution is 2.14. The molecule has 0 spiro atoms. The molecule has 0 radical (unpaired) electrons. The predicted molar refractivity (Wildman–Crippen MR) is 56.8 cm³/mol. The van der Waals surface area contributed by atoms with Gasteiger partial charge in [0.1, 0.15) is 17.0 Å². The third-order valence-corrected chi connectivity index (χ3v) is 3.65. The molecule has 0 bridgehead atoms. The number of hydrogen-bond acceptors (Lipinski definition) is 3. The number of halogens is 4. The summed E-state index contributed by atoms with van der Waals surface area (Å²) in [6.45, 7) is 0.953. The van der Waals surface area contributed by atoms with Crippen LogP contribution in [0.25, 0.3) is 0 Å². The number of aromatic nitrogens is 1. The van der Waals surface area contributed by atoms with Crippen LogP contribution in [-0.2, 0) is 0 Å². The molecule has 0 unspecified atom stereocenters. The maximum atomic E-state index is 9.75. The van der Waals surface area contributed by atoms with Crippen molar-refractivity contribution in [3.05, 3.63) is 17.2 Å². The van der Waals surface area contributed by atoms with Crippen molar-refractivity contribution < 1.29 is 21.5 Å². The van der Waals surface area contributed by atoms with Gasteiger partial charge in [-0.3, -0.25) is 0 Å². The molecule has 0 atom stereocenters. The molecule has 9 heteroatoms.